The number of Topliss-reactive ketones (excluding diaryl/α,β-unsaturated/α-hetero) is 1. The number of carbonyl (C=O) groups excluding carboxylic acids is 1. The number of hydrogen-bond acceptors (Lipinski definition) is 5. The van der Waals surface area contributed by atoms with Gasteiger partial charge < -0.3 is 4.74 Å². The second kappa shape index (κ2) is 5.57. The highest BCUT2D eigenvalue weighted by Gasteiger charge is 2.13. The van der Waals surface area contributed by atoms with Crippen LogP contribution in [0.25, 0.3) is 10.1 Å². The number of nitrogens with zero attached hydrogens (tertiary/aromatic N) is 2. The number of methoxy groups -OCH3 is 1. The SMILES string of the molecule is COc1cc(CC(=O)c2cc3ccc(F)cc3s2)ncn1. The van der Waals surface area contributed by atoms with Gasteiger partial charge in [-0.2, -0.15) is 0 Å². The number of benzene rings is 1. The summed E-state index contributed by atoms with van der Waals surface area (Å²) >= 11 is 1.28. The molecule has 6 heteroatoms. The summed E-state index contributed by atoms with van der Waals surface area (Å²) in [6.45, 7) is 0. The Bertz CT molecular complexity index is 816. The van der Waals surface area contributed by atoms with Crippen LogP contribution in [0.15, 0.2) is 36.7 Å². The van der Waals surface area contributed by atoms with Gasteiger partial charge in [-0.1, -0.05) is 6.07 Å². The zero-order valence-electron chi connectivity index (χ0n) is 11.2. The van der Waals surface area contributed by atoms with Crippen LogP contribution in [0.3, 0.4) is 0 Å². The zero-order valence-corrected chi connectivity index (χ0v) is 12.0. The van der Waals surface area contributed by atoms with Crippen LogP contribution in [0, 0.1) is 5.82 Å². The Morgan fingerprint density at radius 2 is 2.14 bits per heavy atom. The van der Waals surface area contributed by atoms with E-state index in [1.54, 1.807) is 18.2 Å². The van der Waals surface area contributed by atoms with Gasteiger partial charge in [0, 0.05) is 10.8 Å². The zero-order chi connectivity index (χ0) is 14.8. The molecule has 0 spiro atoms. The molecular formula is C15H11FN2O2S. The number of ether oxygens (including phenoxy) is 1. The number of rotatable bonds is 4. The molecule has 0 aliphatic heterocycles. The standard InChI is InChI=1S/C15H11FN2O2S/c1-20-15-7-11(17-8-18-15)6-12(19)14-4-9-2-3-10(16)5-13(9)21-14/h2-5,7-8H,6H2,1H3. The lowest BCUT2D eigenvalue weighted by molar-refractivity contribution is 0.0996. The van der Waals surface area contributed by atoms with E-state index >= 15 is 0 Å². The number of carbonyl (C=O) groups is 1. The van der Waals surface area contributed by atoms with Crippen LogP contribution in [-0.2, 0) is 6.42 Å². The van der Waals surface area contributed by atoms with Gasteiger partial charge in [0.15, 0.2) is 5.78 Å². The van der Waals surface area contributed by atoms with E-state index in [1.165, 1.54) is 36.9 Å². The molecular weight excluding hydrogens is 291 g/mol. The quantitative estimate of drug-likeness (QED) is 0.694. The van der Waals surface area contributed by atoms with E-state index in [2.05, 4.69) is 9.97 Å². The van der Waals surface area contributed by atoms with Gasteiger partial charge in [-0.05, 0) is 23.6 Å². The molecule has 3 aromatic rings. The first-order valence-electron chi connectivity index (χ1n) is 6.23. The second-order valence-corrected chi connectivity index (χ2v) is 5.53. The van der Waals surface area contributed by atoms with Crippen molar-refractivity contribution < 1.29 is 13.9 Å². The summed E-state index contributed by atoms with van der Waals surface area (Å²) in [6.07, 6.45) is 1.52. The molecule has 4 nitrogen and oxygen atoms in total. The first kappa shape index (κ1) is 13.6. The Kier molecular flexibility index (Phi) is 3.62. The molecule has 0 saturated carbocycles. The summed E-state index contributed by atoms with van der Waals surface area (Å²) in [7, 11) is 1.51. The van der Waals surface area contributed by atoms with Crippen molar-refractivity contribution in [2.75, 3.05) is 7.11 Å². The highest BCUT2D eigenvalue weighted by atomic mass is 32.1. The van der Waals surface area contributed by atoms with Crippen molar-refractivity contribution in [3.8, 4) is 5.88 Å². The lowest BCUT2D eigenvalue weighted by Gasteiger charge is -2.01. The third-order valence-electron chi connectivity index (χ3n) is 3.01. The topological polar surface area (TPSA) is 52.1 Å². The number of thiophene rings is 1. The first-order valence-corrected chi connectivity index (χ1v) is 7.04. The largest absolute Gasteiger partial charge is 0.481 e. The fraction of sp³-hybridized carbons (Fsp3) is 0.133. The lowest BCUT2D eigenvalue weighted by atomic mass is 10.1. The Morgan fingerprint density at radius 3 is 2.95 bits per heavy atom. The summed E-state index contributed by atoms with van der Waals surface area (Å²) in [5.41, 5.74) is 0.593. The van der Waals surface area contributed by atoms with Gasteiger partial charge in [0.1, 0.15) is 12.1 Å². The van der Waals surface area contributed by atoms with Crippen LogP contribution >= 0.6 is 11.3 Å². The van der Waals surface area contributed by atoms with E-state index in [9.17, 15) is 9.18 Å². The molecule has 0 amide bonds. The number of fused-ring (bicyclic) bond motifs is 1. The van der Waals surface area contributed by atoms with Crippen molar-refractivity contribution in [3.05, 3.63) is 53.0 Å². The minimum absolute atomic E-state index is 0.0580. The second-order valence-electron chi connectivity index (χ2n) is 4.44. The summed E-state index contributed by atoms with van der Waals surface area (Å²) in [5, 5.41) is 0.866. The van der Waals surface area contributed by atoms with Crippen LogP contribution in [0.4, 0.5) is 4.39 Å². The minimum atomic E-state index is -0.302. The molecule has 0 atom stereocenters. The molecule has 0 radical (unpaired) electrons. The van der Waals surface area contributed by atoms with Crippen molar-refractivity contribution in [3.63, 3.8) is 0 Å². The molecule has 0 saturated heterocycles. The van der Waals surface area contributed by atoms with E-state index in [1.807, 2.05) is 0 Å². The van der Waals surface area contributed by atoms with Crippen molar-refractivity contribution in [1.29, 1.82) is 0 Å². The van der Waals surface area contributed by atoms with Crippen LogP contribution in [0.5, 0.6) is 5.88 Å². The first-order chi connectivity index (χ1) is 10.2. The Balaban J connectivity index is 1.86. The van der Waals surface area contributed by atoms with Gasteiger partial charge in [0.05, 0.1) is 24.1 Å². The maximum atomic E-state index is 13.2. The summed E-state index contributed by atoms with van der Waals surface area (Å²) in [5.74, 6) is 0.0625. The number of ketones is 1. The predicted octanol–water partition coefficient (Wildman–Crippen LogP) is 3.26. The van der Waals surface area contributed by atoms with Crippen molar-refractivity contribution in [2.45, 2.75) is 6.42 Å². The Hall–Kier alpha value is -2.34. The minimum Gasteiger partial charge on any atom is -0.481 e. The van der Waals surface area contributed by atoms with Crippen molar-refractivity contribution in [1.82, 2.24) is 9.97 Å². The summed E-state index contributed by atoms with van der Waals surface area (Å²) in [6, 6.07) is 7.90. The monoisotopic (exact) mass is 302 g/mol. The van der Waals surface area contributed by atoms with Gasteiger partial charge >= 0.3 is 0 Å². The lowest BCUT2D eigenvalue weighted by Crippen LogP contribution is -2.04. The highest BCUT2D eigenvalue weighted by molar-refractivity contribution is 7.20. The molecule has 0 unspecified atom stereocenters. The van der Waals surface area contributed by atoms with Crippen LogP contribution in [0.1, 0.15) is 15.4 Å². The molecule has 3 rings (SSSR count). The van der Waals surface area contributed by atoms with Gasteiger partial charge in [0.25, 0.3) is 0 Å². The average Bonchev–Trinajstić information content (AvgIpc) is 2.90. The van der Waals surface area contributed by atoms with E-state index in [0.717, 1.165) is 10.1 Å². The molecule has 0 aliphatic carbocycles. The molecule has 2 aromatic heterocycles. The van der Waals surface area contributed by atoms with Crippen molar-refractivity contribution in [2.24, 2.45) is 0 Å². The molecule has 2 heterocycles. The van der Waals surface area contributed by atoms with E-state index in [0.29, 0.717) is 16.5 Å². The fourth-order valence-corrected chi connectivity index (χ4v) is 3.00. The molecule has 106 valence electrons. The third kappa shape index (κ3) is 2.90. The number of hydrogen-bond donors (Lipinski definition) is 0. The molecule has 0 aliphatic rings. The van der Waals surface area contributed by atoms with Crippen LogP contribution < -0.4 is 4.74 Å². The highest BCUT2D eigenvalue weighted by Crippen LogP contribution is 2.27. The van der Waals surface area contributed by atoms with Gasteiger partial charge in [-0.25, -0.2) is 14.4 Å². The fourth-order valence-electron chi connectivity index (χ4n) is 1.98. The van der Waals surface area contributed by atoms with E-state index in [-0.39, 0.29) is 18.0 Å². The van der Waals surface area contributed by atoms with Gasteiger partial charge in [0.2, 0.25) is 5.88 Å². The van der Waals surface area contributed by atoms with Crippen molar-refractivity contribution >= 4 is 27.2 Å². The molecule has 0 N–H and O–H groups in total. The molecule has 0 fully saturated rings. The summed E-state index contributed by atoms with van der Waals surface area (Å²) < 4.78 is 18.9. The Labute approximate surface area is 124 Å². The third-order valence-corrected chi connectivity index (χ3v) is 4.15. The number of aromatic nitrogens is 2. The molecule has 1 aromatic carbocycles. The number of halogens is 1. The van der Waals surface area contributed by atoms with Gasteiger partial charge in [-0.15, -0.1) is 11.3 Å². The molecule has 0 bridgehead atoms. The van der Waals surface area contributed by atoms with Gasteiger partial charge in [-0.3, -0.25) is 4.79 Å². The maximum absolute atomic E-state index is 13.2. The van der Waals surface area contributed by atoms with Crippen LogP contribution in [0.2, 0.25) is 0 Å². The molecule has 21 heavy (non-hydrogen) atoms. The summed E-state index contributed by atoms with van der Waals surface area (Å²) in [4.78, 5) is 20.8. The van der Waals surface area contributed by atoms with E-state index in [4.69, 9.17) is 4.74 Å². The average molecular weight is 302 g/mol. The van der Waals surface area contributed by atoms with E-state index < -0.39 is 0 Å². The normalized spacial score (nSPS) is 10.8. The van der Waals surface area contributed by atoms with Crippen LogP contribution in [-0.4, -0.2) is 22.9 Å². The Morgan fingerprint density at radius 1 is 1.29 bits per heavy atom. The predicted molar refractivity (Wildman–Crippen MR) is 78.4 cm³/mol. The maximum Gasteiger partial charge on any atom is 0.216 e. The smallest absolute Gasteiger partial charge is 0.216 e.